The number of aromatic nitrogens is 1. The van der Waals surface area contributed by atoms with Crippen LogP contribution in [0.3, 0.4) is 0 Å². The molecule has 1 heterocycles. The molecule has 0 atom stereocenters. The molecule has 3 aromatic rings. The number of nitrogens with zero attached hydrogens (tertiary/aromatic N) is 1. The molecule has 3 rings (SSSR count). The molecule has 0 radical (unpaired) electrons. The van der Waals surface area contributed by atoms with Gasteiger partial charge in [0.1, 0.15) is 4.99 Å². The van der Waals surface area contributed by atoms with Gasteiger partial charge in [0, 0.05) is 34.4 Å². The number of hydrogen-bond donors (Lipinski definition) is 1. The second-order valence-corrected chi connectivity index (χ2v) is 4.61. The summed E-state index contributed by atoms with van der Waals surface area (Å²) in [5.41, 5.74) is 9.03. The van der Waals surface area contributed by atoms with Crippen molar-refractivity contribution >= 4 is 39.0 Å². The van der Waals surface area contributed by atoms with E-state index >= 15 is 0 Å². The van der Waals surface area contributed by atoms with E-state index in [2.05, 4.69) is 48.0 Å². The molecule has 17 heavy (non-hydrogen) atoms. The van der Waals surface area contributed by atoms with Crippen LogP contribution in [-0.2, 0) is 7.05 Å². The summed E-state index contributed by atoms with van der Waals surface area (Å²) in [6, 6.07) is 14.5. The maximum atomic E-state index is 5.68. The molecule has 1 aromatic heterocycles. The third-order valence-electron chi connectivity index (χ3n) is 3.20. The molecule has 0 fully saturated rings. The number of hydrogen-bond acceptors (Lipinski definition) is 1. The van der Waals surface area contributed by atoms with E-state index in [4.69, 9.17) is 18.0 Å². The SMILES string of the molecule is Cn1c2ccccc2c2cc(C(N)=S)ccc21. The Bertz CT molecular complexity index is 740. The van der Waals surface area contributed by atoms with Gasteiger partial charge in [0.05, 0.1) is 0 Å². The lowest BCUT2D eigenvalue weighted by atomic mass is 10.1. The van der Waals surface area contributed by atoms with Gasteiger partial charge < -0.3 is 10.3 Å². The van der Waals surface area contributed by atoms with Crippen LogP contribution in [0.15, 0.2) is 42.5 Å². The van der Waals surface area contributed by atoms with Crippen molar-refractivity contribution in [2.24, 2.45) is 12.8 Å². The van der Waals surface area contributed by atoms with E-state index in [-0.39, 0.29) is 0 Å². The van der Waals surface area contributed by atoms with Crippen molar-refractivity contribution in [3.05, 3.63) is 48.0 Å². The summed E-state index contributed by atoms with van der Waals surface area (Å²) in [4.78, 5) is 0.444. The van der Waals surface area contributed by atoms with Gasteiger partial charge in [-0.1, -0.05) is 30.4 Å². The molecule has 0 aliphatic rings. The quantitative estimate of drug-likeness (QED) is 0.663. The monoisotopic (exact) mass is 240 g/mol. The van der Waals surface area contributed by atoms with E-state index in [0.717, 1.165) is 5.56 Å². The highest BCUT2D eigenvalue weighted by Crippen LogP contribution is 2.28. The topological polar surface area (TPSA) is 30.9 Å². The Morgan fingerprint density at radius 2 is 1.76 bits per heavy atom. The van der Waals surface area contributed by atoms with E-state index in [1.165, 1.54) is 21.8 Å². The third-order valence-corrected chi connectivity index (χ3v) is 3.43. The van der Waals surface area contributed by atoms with E-state index in [1.54, 1.807) is 0 Å². The number of aryl methyl sites for hydroxylation is 1. The summed E-state index contributed by atoms with van der Waals surface area (Å²) in [7, 11) is 2.07. The Kier molecular flexibility index (Phi) is 2.16. The number of fused-ring (bicyclic) bond motifs is 3. The Morgan fingerprint density at radius 1 is 1.06 bits per heavy atom. The van der Waals surface area contributed by atoms with Gasteiger partial charge in [-0.05, 0) is 24.3 Å². The minimum atomic E-state index is 0.444. The van der Waals surface area contributed by atoms with Crippen LogP contribution in [-0.4, -0.2) is 9.56 Å². The molecule has 0 bridgehead atoms. The lowest BCUT2D eigenvalue weighted by Gasteiger charge is -2.00. The molecule has 0 amide bonds. The zero-order chi connectivity index (χ0) is 12.0. The number of rotatable bonds is 1. The Morgan fingerprint density at radius 3 is 2.53 bits per heavy atom. The first-order valence-corrected chi connectivity index (χ1v) is 5.86. The molecule has 0 saturated heterocycles. The third kappa shape index (κ3) is 1.43. The first-order valence-electron chi connectivity index (χ1n) is 5.45. The van der Waals surface area contributed by atoms with E-state index in [9.17, 15) is 0 Å². The van der Waals surface area contributed by atoms with E-state index in [1.807, 2.05) is 6.07 Å². The molecule has 0 aliphatic heterocycles. The highest BCUT2D eigenvalue weighted by atomic mass is 32.1. The summed E-state index contributed by atoms with van der Waals surface area (Å²) >= 11 is 5.03. The lowest BCUT2D eigenvalue weighted by Crippen LogP contribution is -2.08. The molecule has 2 N–H and O–H groups in total. The van der Waals surface area contributed by atoms with Gasteiger partial charge in [0.25, 0.3) is 0 Å². The largest absolute Gasteiger partial charge is 0.389 e. The number of thiocarbonyl (C=S) groups is 1. The maximum absolute atomic E-state index is 5.68. The fourth-order valence-electron chi connectivity index (χ4n) is 2.32. The van der Waals surface area contributed by atoms with Gasteiger partial charge in [-0.3, -0.25) is 0 Å². The molecular weight excluding hydrogens is 228 g/mol. The summed E-state index contributed by atoms with van der Waals surface area (Å²) in [6.45, 7) is 0. The van der Waals surface area contributed by atoms with Crippen molar-refractivity contribution in [2.45, 2.75) is 0 Å². The average Bonchev–Trinajstić information content (AvgIpc) is 2.64. The van der Waals surface area contributed by atoms with Gasteiger partial charge in [-0.15, -0.1) is 0 Å². The van der Waals surface area contributed by atoms with Gasteiger partial charge in [-0.25, -0.2) is 0 Å². The fraction of sp³-hybridized carbons (Fsp3) is 0.0714. The van der Waals surface area contributed by atoms with Crippen LogP contribution in [0.1, 0.15) is 5.56 Å². The Balaban J connectivity index is 2.50. The van der Waals surface area contributed by atoms with Crippen molar-refractivity contribution < 1.29 is 0 Å². The number of benzene rings is 2. The van der Waals surface area contributed by atoms with Crippen molar-refractivity contribution in [3.63, 3.8) is 0 Å². The van der Waals surface area contributed by atoms with Crippen LogP contribution in [0.5, 0.6) is 0 Å². The van der Waals surface area contributed by atoms with E-state index in [0.29, 0.717) is 4.99 Å². The number of para-hydroxylation sites is 1. The molecular formula is C14H12N2S. The van der Waals surface area contributed by atoms with Gasteiger partial charge in [0.15, 0.2) is 0 Å². The second-order valence-electron chi connectivity index (χ2n) is 4.17. The summed E-state index contributed by atoms with van der Waals surface area (Å²) in [6.07, 6.45) is 0. The predicted molar refractivity (Wildman–Crippen MR) is 76.3 cm³/mol. The maximum Gasteiger partial charge on any atom is 0.104 e. The summed E-state index contributed by atoms with van der Waals surface area (Å²) < 4.78 is 2.19. The minimum absolute atomic E-state index is 0.444. The van der Waals surface area contributed by atoms with Crippen molar-refractivity contribution in [3.8, 4) is 0 Å². The Hall–Kier alpha value is -1.87. The average molecular weight is 240 g/mol. The zero-order valence-corrected chi connectivity index (χ0v) is 10.3. The zero-order valence-electron chi connectivity index (χ0n) is 9.47. The Labute approximate surface area is 105 Å². The van der Waals surface area contributed by atoms with Crippen LogP contribution < -0.4 is 5.73 Å². The van der Waals surface area contributed by atoms with Crippen molar-refractivity contribution in [1.29, 1.82) is 0 Å². The van der Waals surface area contributed by atoms with Gasteiger partial charge in [0.2, 0.25) is 0 Å². The van der Waals surface area contributed by atoms with Crippen molar-refractivity contribution in [2.75, 3.05) is 0 Å². The molecule has 2 aromatic carbocycles. The first-order chi connectivity index (χ1) is 8.18. The number of nitrogens with two attached hydrogens (primary N) is 1. The predicted octanol–water partition coefficient (Wildman–Crippen LogP) is 2.97. The van der Waals surface area contributed by atoms with Gasteiger partial charge >= 0.3 is 0 Å². The smallest absolute Gasteiger partial charge is 0.104 e. The summed E-state index contributed by atoms with van der Waals surface area (Å²) in [5, 5.41) is 2.44. The molecule has 84 valence electrons. The van der Waals surface area contributed by atoms with Crippen LogP contribution >= 0.6 is 12.2 Å². The molecule has 2 nitrogen and oxygen atoms in total. The summed E-state index contributed by atoms with van der Waals surface area (Å²) in [5.74, 6) is 0. The van der Waals surface area contributed by atoms with Crippen LogP contribution in [0, 0.1) is 0 Å². The molecule has 3 heteroatoms. The highest BCUT2D eigenvalue weighted by molar-refractivity contribution is 7.80. The minimum Gasteiger partial charge on any atom is -0.389 e. The highest BCUT2D eigenvalue weighted by Gasteiger charge is 2.08. The van der Waals surface area contributed by atoms with Crippen LogP contribution in [0.25, 0.3) is 21.8 Å². The second kappa shape index (κ2) is 3.57. The van der Waals surface area contributed by atoms with Crippen molar-refractivity contribution in [1.82, 2.24) is 4.57 Å². The fourth-order valence-corrected chi connectivity index (χ4v) is 2.45. The standard InChI is InChI=1S/C14H12N2S/c1-16-12-5-3-2-4-10(12)11-8-9(14(15)17)6-7-13(11)16/h2-8H,1H3,(H2,15,17). The van der Waals surface area contributed by atoms with Gasteiger partial charge in [-0.2, -0.15) is 0 Å². The molecule has 0 aliphatic carbocycles. The normalized spacial score (nSPS) is 11.1. The lowest BCUT2D eigenvalue weighted by molar-refractivity contribution is 1.01. The molecule has 0 saturated carbocycles. The first kappa shape index (κ1) is 10.3. The van der Waals surface area contributed by atoms with Crippen LogP contribution in [0.2, 0.25) is 0 Å². The molecule has 0 spiro atoms. The molecule has 0 unspecified atom stereocenters. The van der Waals surface area contributed by atoms with Crippen LogP contribution in [0.4, 0.5) is 0 Å². The van der Waals surface area contributed by atoms with E-state index < -0.39 is 0 Å².